The summed E-state index contributed by atoms with van der Waals surface area (Å²) in [5.74, 6) is 0. The number of nitrogens with zero attached hydrogens (tertiary/aromatic N) is 1. The van der Waals surface area contributed by atoms with Crippen LogP contribution in [0.5, 0.6) is 0 Å². The summed E-state index contributed by atoms with van der Waals surface area (Å²) in [5.41, 5.74) is 0.613. The summed E-state index contributed by atoms with van der Waals surface area (Å²) in [6, 6.07) is 5.99. The molecule has 0 saturated carbocycles. The zero-order valence-electron chi connectivity index (χ0n) is 10.2. The van der Waals surface area contributed by atoms with E-state index in [1.165, 1.54) is 12.1 Å². The highest BCUT2D eigenvalue weighted by Gasteiger charge is 2.37. The van der Waals surface area contributed by atoms with Crippen molar-refractivity contribution in [3.8, 4) is 0 Å². The number of rotatable bonds is 2. The number of cyclic esters (lactones) is 1. The molecule has 1 heterocycles. The highest BCUT2D eigenvalue weighted by atomic mass is 16.6. The minimum Gasteiger partial charge on any atom is -0.449 e. The van der Waals surface area contributed by atoms with E-state index in [9.17, 15) is 14.9 Å². The number of nitro benzene ring substituents is 1. The third-order valence-corrected chi connectivity index (χ3v) is 3.06. The van der Waals surface area contributed by atoms with Crippen LogP contribution < -0.4 is 5.32 Å². The number of carbonyl (C=O) groups excluding carboxylic acids is 1. The van der Waals surface area contributed by atoms with Crippen LogP contribution in [-0.2, 0) is 4.74 Å². The molecule has 2 rings (SSSR count). The van der Waals surface area contributed by atoms with Gasteiger partial charge in [-0.3, -0.25) is 10.1 Å². The fourth-order valence-electron chi connectivity index (χ4n) is 2.01. The van der Waals surface area contributed by atoms with Gasteiger partial charge >= 0.3 is 6.09 Å². The van der Waals surface area contributed by atoms with E-state index in [0.29, 0.717) is 6.61 Å². The van der Waals surface area contributed by atoms with Crippen molar-refractivity contribution in [2.45, 2.75) is 19.9 Å². The lowest BCUT2D eigenvalue weighted by Gasteiger charge is -2.38. The molecule has 1 atom stereocenters. The first-order valence-electron chi connectivity index (χ1n) is 5.58. The number of carbonyl (C=O) groups is 1. The van der Waals surface area contributed by atoms with Gasteiger partial charge in [0, 0.05) is 17.5 Å². The fraction of sp³-hybridized carbons (Fsp3) is 0.417. The molecule has 0 aromatic heterocycles. The Bertz CT molecular complexity index is 481. The standard InChI is InChI=1S/C12H14N2O4/c1-12(2)7-18-11(15)13-10(12)8-3-5-9(6-4-8)14(16)17/h3-6,10H,7H2,1-2H3,(H,13,15)/t10-/m0/s1. The molecule has 6 nitrogen and oxygen atoms in total. The van der Waals surface area contributed by atoms with Gasteiger partial charge in [0.15, 0.2) is 0 Å². The third-order valence-electron chi connectivity index (χ3n) is 3.06. The third kappa shape index (κ3) is 2.27. The fourth-order valence-corrected chi connectivity index (χ4v) is 2.01. The number of hydrogen-bond acceptors (Lipinski definition) is 4. The highest BCUT2D eigenvalue weighted by molar-refractivity contribution is 5.69. The van der Waals surface area contributed by atoms with Gasteiger partial charge in [0.1, 0.15) is 6.61 Å². The molecule has 1 saturated heterocycles. The topological polar surface area (TPSA) is 81.5 Å². The number of nitrogens with one attached hydrogen (secondary N) is 1. The normalized spacial score (nSPS) is 21.9. The Morgan fingerprint density at radius 1 is 1.39 bits per heavy atom. The second kappa shape index (κ2) is 4.29. The Hall–Kier alpha value is -2.11. The van der Waals surface area contributed by atoms with E-state index < -0.39 is 11.0 Å². The molecule has 1 amide bonds. The van der Waals surface area contributed by atoms with Crippen LogP contribution in [0.2, 0.25) is 0 Å². The van der Waals surface area contributed by atoms with Gasteiger partial charge in [0.2, 0.25) is 0 Å². The number of nitro groups is 1. The van der Waals surface area contributed by atoms with Gasteiger partial charge in [-0.2, -0.15) is 0 Å². The van der Waals surface area contributed by atoms with Gasteiger partial charge in [0.25, 0.3) is 5.69 Å². The van der Waals surface area contributed by atoms with Crippen molar-refractivity contribution in [3.05, 3.63) is 39.9 Å². The highest BCUT2D eigenvalue weighted by Crippen LogP contribution is 2.36. The Morgan fingerprint density at radius 3 is 2.56 bits per heavy atom. The maximum absolute atomic E-state index is 11.3. The SMILES string of the molecule is CC1(C)COC(=O)N[C@H]1c1ccc([N+](=O)[O-])cc1. The average Bonchev–Trinajstić information content (AvgIpc) is 2.32. The van der Waals surface area contributed by atoms with Gasteiger partial charge in [-0.05, 0) is 5.56 Å². The molecule has 0 unspecified atom stereocenters. The zero-order chi connectivity index (χ0) is 13.3. The van der Waals surface area contributed by atoms with E-state index in [0.717, 1.165) is 5.56 Å². The van der Waals surface area contributed by atoms with Gasteiger partial charge < -0.3 is 10.1 Å². The molecule has 0 radical (unpaired) electrons. The number of benzene rings is 1. The Labute approximate surface area is 104 Å². The Kier molecular flexibility index (Phi) is 2.94. The minimum atomic E-state index is -0.460. The number of hydrogen-bond donors (Lipinski definition) is 1. The van der Waals surface area contributed by atoms with E-state index in [1.807, 2.05) is 13.8 Å². The summed E-state index contributed by atoms with van der Waals surface area (Å²) >= 11 is 0. The van der Waals surface area contributed by atoms with Crippen LogP contribution in [0, 0.1) is 15.5 Å². The molecule has 1 N–H and O–H groups in total. The van der Waals surface area contributed by atoms with Crippen molar-refractivity contribution in [3.63, 3.8) is 0 Å². The van der Waals surface area contributed by atoms with Gasteiger partial charge in [0.05, 0.1) is 11.0 Å². The van der Waals surface area contributed by atoms with Crippen LogP contribution in [0.25, 0.3) is 0 Å². The van der Waals surface area contributed by atoms with Crippen molar-refractivity contribution in [2.24, 2.45) is 5.41 Å². The maximum Gasteiger partial charge on any atom is 0.407 e. The van der Waals surface area contributed by atoms with Crippen molar-refractivity contribution in [1.29, 1.82) is 0 Å². The first-order valence-corrected chi connectivity index (χ1v) is 5.58. The van der Waals surface area contributed by atoms with Gasteiger partial charge in [-0.25, -0.2) is 4.79 Å². The molecule has 1 fully saturated rings. The maximum atomic E-state index is 11.3. The molecule has 18 heavy (non-hydrogen) atoms. The molecule has 0 aliphatic carbocycles. The monoisotopic (exact) mass is 250 g/mol. The largest absolute Gasteiger partial charge is 0.449 e. The molecule has 96 valence electrons. The first kappa shape index (κ1) is 12.3. The van der Waals surface area contributed by atoms with E-state index >= 15 is 0 Å². The van der Waals surface area contributed by atoms with Gasteiger partial charge in [-0.15, -0.1) is 0 Å². The lowest BCUT2D eigenvalue weighted by atomic mass is 9.80. The summed E-state index contributed by atoms with van der Waals surface area (Å²) in [6.07, 6.45) is -0.460. The number of alkyl carbamates (subject to hydrolysis) is 1. The lowest BCUT2D eigenvalue weighted by Crippen LogP contribution is -2.46. The molecule has 1 aliphatic heterocycles. The van der Waals surface area contributed by atoms with Gasteiger partial charge in [-0.1, -0.05) is 26.0 Å². The van der Waals surface area contributed by atoms with E-state index in [4.69, 9.17) is 4.74 Å². The molecular weight excluding hydrogens is 236 g/mol. The van der Waals surface area contributed by atoms with Crippen LogP contribution in [0.4, 0.5) is 10.5 Å². The predicted molar refractivity (Wildman–Crippen MR) is 64.1 cm³/mol. The lowest BCUT2D eigenvalue weighted by molar-refractivity contribution is -0.384. The van der Waals surface area contributed by atoms with Crippen LogP contribution in [-0.4, -0.2) is 17.6 Å². The molecule has 6 heteroatoms. The van der Waals surface area contributed by atoms with Crippen molar-refractivity contribution in [2.75, 3.05) is 6.61 Å². The summed E-state index contributed by atoms with van der Waals surface area (Å²) < 4.78 is 4.95. The number of ether oxygens (including phenoxy) is 1. The van der Waals surface area contributed by atoms with E-state index in [-0.39, 0.29) is 17.1 Å². The summed E-state index contributed by atoms with van der Waals surface area (Å²) in [6.45, 7) is 4.26. The van der Waals surface area contributed by atoms with Crippen molar-refractivity contribution in [1.82, 2.24) is 5.32 Å². The molecule has 1 aliphatic rings. The number of non-ortho nitro benzene ring substituents is 1. The minimum absolute atomic E-state index is 0.0370. The summed E-state index contributed by atoms with van der Waals surface area (Å²) in [5, 5.41) is 13.3. The smallest absolute Gasteiger partial charge is 0.407 e. The second-order valence-corrected chi connectivity index (χ2v) is 4.99. The second-order valence-electron chi connectivity index (χ2n) is 4.99. The van der Waals surface area contributed by atoms with Crippen LogP contribution in [0.15, 0.2) is 24.3 Å². The average molecular weight is 250 g/mol. The Balaban J connectivity index is 2.28. The summed E-state index contributed by atoms with van der Waals surface area (Å²) in [7, 11) is 0. The van der Waals surface area contributed by atoms with Crippen LogP contribution in [0.1, 0.15) is 25.5 Å². The molecule has 1 aromatic rings. The predicted octanol–water partition coefficient (Wildman–Crippen LogP) is 2.40. The van der Waals surface area contributed by atoms with Crippen molar-refractivity contribution < 1.29 is 14.5 Å². The molecule has 1 aromatic carbocycles. The van der Waals surface area contributed by atoms with Crippen LogP contribution in [0.3, 0.4) is 0 Å². The number of amides is 1. The van der Waals surface area contributed by atoms with Crippen LogP contribution >= 0.6 is 0 Å². The quantitative estimate of drug-likeness (QED) is 0.645. The van der Waals surface area contributed by atoms with Crippen molar-refractivity contribution >= 4 is 11.8 Å². The van der Waals surface area contributed by atoms with E-state index in [2.05, 4.69) is 5.32 Å². The van der Waals surface area contributed by atoms with E-state index in [1.54, 1.807) is 12.1 Å². The summed E-state index contributed by atoms with van der Waals surface area (Å²) in [4.78, 5) is 21.4. The first-order chi connectivity index (χ1) is 8.40. The molecule has 0 bridgehead atoms. The Morgan fingerprint density at radius 2 is 2.00 bits per heavy atom. The molecular formula is C12H14N2O4. The zero-order valence-corrected chi connectivity index (χ0v) is 10.2. The molecule has 0 spiro atoms.